The first kappa shape index (κ1) is 14.8. The average molecular weight is 263 g/mol. The maximum absolute atomic E-state index is 9.36. The van der Waals surface area contributed by atoms with Gasteiger partial charge in [-0.05, 0) is 65.0 Å². The van der Waals surface area contributed by atoms with E-state index in [2.05, 4.69) is 30.3 Å². The highest BCUT2D eigenvalue weighted by Crippen LogP contribution is 2.36. The first-order chi connectivity index (χ1) is 9.14. The Labute approximate surface area is 118 Å². The molecule has 0 radical (unpaired) electrons. The van der Waals surface area contributed by atoms with Gasteiger partial charge < -0.3 is 10.2 Å². The van der Waals surface area contributed by atoms with Gasteiger partial charge in [0.25, 0.3) is 0 Å². The van der Waals surface area contributed by atoms with Crippen molar-refractivity contribution >= 4 is 0 Å². The summed E-state index contributed by atoms with van der Waals surface area (Å²) in [6, 6.07) is 3.84. The van der Waals surface area contributed by atoms with Crippen LogP contribution in [-0.4, -0.2) is 36.6 Å². The minimum Gasteiger partial charge on any atom is -0.302 e. The molecule has 0 heterocycles. The fourth-order valence-corrected chi connectivity index (χ4v) is 4.01. The Kier molecular flexibility index (Phi) is 4.86. The van der Waals surface area contributed by atoms with Gasteiger partial charge in [0.15, 0.2) is 0 Å². The van der Waals surface area contributed by atoms with Crippen LogP contribution in [0.3, 0.4) is 0 Å². The zero-order chi connectivity index (χ0) is 13.9. The summed E-state index contributed by atoms with van der Waals surface area (Å²) in [5.41, 5.74) is -0.264. The summed E-state index contributed by atoms with van der Waals surface area (Å²) in [7, 11) is 4.21. The van der Waals surface area contributed by atoms with Crippen LogP contribution in [0.4, 0.5) is 0 Å². The lowest BCUT2D eigenvalue weighted by atomic mass is 9.83. The average Bonchev–Trinajstić information content (AvgIpc) is 2.92. The highest BCUT2D eigenvalue weighted by Gasteiger charge is 2.41. The third-order valence-electron chi connectivity index (χ3n) is 5.73. The number of nitrogens with one attached hydrogen (secondary N) is 1. The molecule has 0 aromatic carbocycles. The number of nitriles is 1. The molecule has 0 aromatic heterocycles. The first-order valence-electron chi connectivity index (χ1n) is 7.96. The molecular formula is C16H29N3. The van der Waals surface area contributed by atoms with Crippen molar-refractivity contribution in [2.24, 2.45) is 5.92 Å². The molecule has 2 saturated carbocycles. The molecule has 3 nitrogen and oxygen atoms in total. The molecule has 0 aliphatic heterocycles. The van der Waals surface area contributed by atoms with Crippen LogP contribution in [0.5, 0.6) is 0 Å². The Morgan fingerprint density at radius 1 is 1.21 bits per heavy atom. The summed E-state index contributed by atoms with van der Waals surface area (Å²) >= 11 is 0. The molecule has 2 fully saturated rings. The molecule has 3 heteroatoms. The summed E-state index contributed by atoms with van der Waals surface area (Å²) in [5.74, 6) is 0.962. The van der Waals surface area contributed by atoms with Crippen LogP contribution < -0.4 is 5.32 Å². The minimum absolute atomic E-state index is 0.264. The van der Waals surface area contributed by atoms with E-state index in [4.69, 9.17) is 0 Å². The molecule has 19 heavy (non-hydrogen) atoms. The molecule has 2 aliphatic carbocycles. The lowest BCUT2D eigenvalue weighted by Gasteiger charge is -2.38. The van der Waals surface area contributed by atoms with E-state index in [0.717, 1.165) is 24.8 Å². The third-order valence-corrected chi connectivity index (χ3v) is 5.73. The van der Waals surface area contributed by atoms with Gasteiger partial charge >= 0.3 is 0 Å². The van der Waals surface area contributed by atoms with Crippen molar-refractivity contribution in [3.8, 4) is 6.07 Å². The van der Waals surface area contributed by atoms with Crippen molar-refractivity contribution < 1.29 is 0 Å². The van der Waals surface area contributed by atoms with E-state index in [1.807, 2.05) is 7.05 Å². The molecule has 1 N–H and O–H groups in total. The quantitative estimate of drug-likeness (QED) is 0.847. The maximum Gasteiger partial charge on any atom is 0.108 e. The Bertz CT molecular complexity index is 327. The molecule has 0 bridgehead atoms. The van der Waals surface area contributed by atoms with Crippen LogP contribution in [-0.2, 0) is 0 Å². The second-order valence-corrected chi connectivity index (χ2v) is 6.59. The van der Waals surface area contributed by atoms with Crippen molar-refractivity contribution in [3.05, 3.63) is 0 Å². The minimum atomic E-state index is -0.264. The van der Waals surface area contributed by atoms with Crippen LogP contribution in [0.25, 0.3) is 0 Å². The molecule has 0 spiro atoms. The van der Waals surface area contributed by atoms with Crippen molar-refractivity contribution in [2.75, 3.05) is 14.1 Å². The van der Waals surface area contributed by atoms with Gasteiger partial charge in [-0.3, -0.25) is 0 Å². The van der Waals surface area contributed by atoms with Gasteiger partial charge in [0.05, 0.1) is 6.07 Å². The second-order valence-electron chi connectivity index (χ2n) is 6.59. The molecular weight excluding hydrogens is 234 g/mol. The molecule has 0 amide bonds. The van der Waals surface area contributed by atoms with Gasteiger partial charge in [0.1, 0.15) is 5.54 Å². The summed E-state index contributed by atoms with van der Waals surface area (Å²) in [6.07, 6.45) is 10.00. The molecule has 0 aromatic rings. The van der Waals surface area contributed by atoms with E-state index in [9.17, 15) is 5.26 Å². The Morgan fingerprint density at radius 3 is 2.37 bits per heavy atom. The van der Waals surface area contributed by atoms with E-state index >= 15 is 0 Å². The summed E-state index contributed by atoms with van der Waals surface area (Å²) in [6.45, 7) is 2.32. The van der Waals surface area contributed by atoms with Crippen LogP contribution >= 0.6 is 0 Å². The fourth-order valence-electron chi connectivity index (χ4n) is 4.01. The normalized spacial score (nSPS) is 39.4. The lowest BCUT2D eigenvalue weighted by Crippen LogP contribution is -2.44. The topological polar surface area (TPSA) is 39.1 Å². The van der Waals surface area contributed by atoms with Crippen molar-refractivity contribution in [1.82, 2.24) is 10.2 Å². The van der Waals surface area contributed by atoms with E-state index in [-0.39, 0.29) is 5.54 Å². The highest BCUT2D eigenvalue weighted by molar-refractivity contribution is 5.13. The van der Waals surface area contributed by atoms with E-state index in [1.165, 1.54) is 38.5 Å². The third kappa shape index (κ3) is 3.12. The number of rotatable bonds is 4. The molecule has 2 aliphatic rings. The van der Waals surface area contributed by atoms with E-state index < -0.39 is 0 Å². The Hall–Kier alpha value is -0.590. The Morgan fingerprint density at radius 2 is 1.89 bits per heavy atom. The second kappa shape index (κ2) is 6.24. The SMILES string of the molecule is CCC1CCC(N(C)C2CCC(C#N)(NC)C2)CC1. The van der Waals surface area contributed by atoms with Crippen LogP contribution in [0.15, 0.2) is 0 Å². The maximum atomic E-state index is 9.36. The summed E-state index contributed by atoms with van der Waals surface area (Å²) in [5, 5.41) is 12.6. The van der Waals surface area contributed by atoms with Crippen molar-refractivity contribution in [1.29, 1.82) is 5.26 Å². The van der Waals surface area contributed by atoms with E-state index in [0.29, 0.717) is 6.04 Å². The molecule has 0 saturated heterocycles. The van der Waals surface area contributed by atoms with Crippen LogP contribution in [0.2, 0.25) is 0 Å². The van der Waals surface area contributed by atoms with Gasteiger partial charge in [-0.15, -0.1) is 0 Å². The highest BCUT2D eigenvalue weighted by atomic mass is 15.2. The standard InChI is InChI=1S/C16H29N3/c1-4-13-5-7-14(8-6-13)19(3)15-9-10-16(11-15,12-17)18-2/h13-15,18H,4-11H2,1-3H3. The van der Waals surface area contributed by atoms with Gasteiger partial charge in [0, 0.05) is 12.1 Å². The lowest BCUT2D eigenvalue weighted by molar-refractivity contribution is 0.118. The van der Waals surface area contributed by atoms with Crippen LogP contribution in [0, 0.1) is 17.2 Å². The van der Waals surface area contributed by atoms with E-state index in [1.54, 1.807) is 0 Å². The predicted molar refractivity (Wildman–Crippen MR) is 78.8 cm³/mol. The van der Waals surface area contributed by atoms with Crippen molar-refractivity contribution in [3.63, 3.8) is 0 Å². The number of hydrogen-bond donors (Lipinski definition) is 1. The molecule has 2 rings (SSSR count). The fraction of sp³-hybridized carbons (Fsp3) is 0.938. The van der Waals surface area contributed by atoms with Gasteiger partial charge in [-0.1, -0.05) is 13.3 Å². The zero-order valence-electron chi connectivity index (χ0n) is 12.8. The molecule has 2 unspecified atom stereocenters. The summed E-state index contributed by atoms with van der Waals surface area (Å²) < 4.78 is 0. The number of nitrogens with zero attached hydrogens (tertiary/aromatic N) is 2. The monoisotopic (exact) mass is 263 g/mol. The summed E-state index contributed by atoms with van der Waals surface area (Å²) in [4.78, 5) is 2.59. The van der Waals surface area contributed by atoms with Gasteiger partial charge in [-0.25, -0.2) is 0 Å². The molecule has 2 atom stereocenters. The van der Waals surface area contributed by atoms with Gasteiger partial charge in [-0.2, -0.15) is 5.26 Å². The predicted octanol–water partition coefficient (Wildman–Crippen LogP) is 2.92. The number of hydrogen-bond acceptors (Lipinski definition) is 3. The smallest absolute Gasteiger partial charge is 0.108 e. The Balaban J connectivity index is 1.88. The first-order valence-corrected chi connectivity index (χ1v) is 7.96. The van der Waals surface area contributed by atoms with Crippen LogP contribution in [0.1, 0.15) is 58.3 Å². The molecule has 108 valence electrons. The van der Waals surface area contributed by atoms with Gasteiger partial charge in [0.2, 0.25) is 0 Å². The zero-order valence-corrected chi connectivity index (χ0v) is 12.8. The largest absolute Gasteiger partial charge is 0.302 e. The van der Waals surface area contributed by atoms with Crippen molar-refractivity contribution in [2.45, 2.75) is 75.9 Å².